The third-order valence-electron chi connectivity index (χ3n) is 5.11. The molecule has 3 rings (SSSR count). The summed E-state index contributed by atoms with van der Waals surface area (Å²) >= 11 is 0. The van der Waals surface area contributed by atoms with E-state index in [1.165, 1.54) is 4.90 Å². The van der Waals surface area contributed by atoms with Gasteiger partial charge in [-0.05, 0) is 44.0 Å². The van der Waals surface area contributed by atoms with Crippen molar-refractivity contribution in [1.29, 1.82) is 0 Å². The fourth-order valence-electron chi connectivity index (χ4n) is 3.68. The van der Waals surface area contributed by atoms with Crippen molar-refractivity contribution in [2.75, 3.05) is 18.0 Å². The van der Waals surface area contributed by atoms with Gasteiger partial charge in [-0.2, -0.15) is 0 Å². The second-order valence-corrected chi connectivity index (χ2v) is 6.48. The van der Waals surface area contributed by atoms with Crippen LogP contribution >= 0.6 is 0 Å². The van der Waals surface area contributed by atoms with E-state index < -0.39 is 6.04 Å². The Balaban J connectivity index is 1.76. The van der Waals surface area contributed by atoms with Crippen molar-refractivity contribution in [3.63, 3.8) is 0 Å². The molecule has 1 atom stereocenters. The van der Waals surface area contributed by atoms with Crippen molar-refractivity contribution in [3.8, 4) is 0 Å². The highest BCUT2D eigenvalue weighted by Crippen LogP contribution is 2.30. The molecule has 2 aliphatic heterocycles. The summed E-state index contributed by atoms with van der Waals surface area (Å²) in [5, 5.41) is 0. The summed E-state index contributed by atoms with van der Waals surface area (Å²) in [5.74, 6) is -0.700. The Morgan fingerprint density at radius 2 is 1.88 bits per heavy atom. The second-order valence-electron chi connectivity index (χ2n) is 6.48. The van der Waals surface area contributed by atoms with Gasteiger partial charge in [0.15, 0.2) is 0 Å². The summed E-state index contributed by atoms with van der Waals surface area (Å²) in [4.78, 5) is 40.0. The van der Waals surface area contributed by atoms with Gasteiger partial charge >= 0.3 is 0 Å². The van der Waals surface area contributed by atoms with Crippen molar-refractivity contribution in [2.24, 2.45) is 11.7 Å². The van der Waals surface area contributed by atoms with E-state index in [2.05, 4.69) is 0 Å². The number of hydrogen-bond donors (Lipinski definition) is 1. The summed E-state index contributed by atoms with van der Waals surface area (Å²) < 4.78 is 0. The van der Waals surface area contributed by atoms with Gasteiger partial charge in [0, 0.05) is 5.92 Å². The van der Waals surface area contributed by atoms with E-state index in [9.17, 15) is 14.4 Å². The van der Waals surface area contributed by atoms with Crippen LogP contribution in [0.4, 0.5) is 5.69 Å². The number of para-hydroxylation sites is 1. The number of primary amides is 1. The zero-order valence-corrected chi connectivity index (χ0v) is 13.9. The first-order valence-corrected chi connectivity index (χ1v) is 8.51. The van der Waals surface area contributed by atoms with Crippen molar-refractivity contribution in [1.82, 2.24) is 4.90 Å². The number of nitrogens with zero attached hydrogens (tertiary/aromatic N) is 2. The number of nitrogens with two attached hydrogens (primary N) is 1. The number of anilines is 1. The molecule has 2 N–H and O–H groups in total. The van der Waals surface area contributed by atoms with Crippen LogP contribution in [0.1, 0.15) is 31.7 Å². The van der Waals surface area contributed by atoms with Gasteiger partial charge in [-0.1, -0.05) is 25.1 Å². The maximum atomic E-state index is 12.9. The molecule has 2 fully saturated rings. The van der Waals surface area contributed by atoms with E-state index in [1.54, 1.807) is 0 Å². The molecule has 6 heteroatoms. The Bertz CT molecular complexity index is 665. The fraction of sp³-hybridized carbons (Fsp3) is 0.500. The summed E-state index contributed by atoms with van der Waals surface area (Å²) in [5.41, 5.74) is 7.05. The molecule has 1 aromatic carbocycles. The lowest BCUT2D eigenvalue weighted by molar-refractivity contribution is -0.124. The lowest BCUT2D eigenvalue weighted by atomic mass is 9.95. The number of carbonyl (C=O) groups is 3. The third-order valence-corrected chi connectivity index (χ3v) is 5.11. The highest BCUT2D eigenvalue weighted by Gasteiger charge is 2.44. The molecule has 2 saturated heterocycles. The predicted molar refractivity (Wildman–Crippen MR) is 90.2 cm³/mol. The minimum atomic E-state index is -0.420. The minimum Gasteiger partial charge on any atom is -0.369 e. The molecule has 6 nitrogen and oxygen atoms in total. The van der Waals surface area contributed by atoms with Crippen LogP contribution in [-0.4, -0.2) is 41.8 Å². The maximum absolute atomic E-state index is 12.9. The monoisotopic (exact) mass is 329 g/mol. The zero-order chi connectivity index (χ0) is 17.3. The van der Waals surface area contributed by atoms with Gasteiger partial charge in [0.25, 0.3) is 5.91 Å². The summed E-state index contributed by atoms with van der Waals surface area (Å²) in [6.45, 7) is 3.26. The maximum Gasteiger partial charge on any atom is 0.251 e. The number of rotatable bonds is 4. The van der Waals surface area contributed by atoms with E-state index >= 15 is 0 Å². The normalized spacial score (nSPS) is 23.0. The van der Waals surface area contributed by atoms with Crippen molar-refractivity contribution in [3.05, 3.63) is 29.8 Å². The van der Waals surface area contributed by atoms with Gasteiger partial charge in [-0.25, -0.2) is 4.90 Å². The first-order valence-electron chi connectivity index (χ1n) is 8.51. The van der Waals surface area contributed by atoms with Gasteiger partial charge in [-0.15, -0.1) is 0 Å². The molecule has 1 unspecified atom stereocenters. The van der Waals surface area contributed by atoms with E-state index in [0.717, 1.165) is 12.0 Å². The molecule has 1 aromatic rings. The Morgan fingerprint density at radius 1 is 1.21 bits per heavy atom. The topological polar surface area (TPSA) is 83.7 Å². The quantitative estimate of drug-likeness (QED) is 0.838. The first-order chi connectivity index (χ1) is 11.5. The average Bonchev–Trinajstić information content (AvgIpc) is 2.89. The molecule has 0 spiro atoms. The number of benzene rings is 1. The molecular weight excluding hydrogens is 306 g/mol. The SMILES string of the molecule is CCc1ccccc1N1C(=O)CC(N2CCC(C(N)=O)CC2)C1=O. The van der Waals surface area contributed by atoms with Crippen LogP contribution in [-0.2, 0) is 20.8 Å². The molecule has 3 amide bonds. The molecule has 0 bridgehead atoms. The Labute approximate surface area is 141 Å². The molecule has 24 heavy (non-hydrogen) atoms. The van der Waals surface area contributed by atoms with Crippen molar-refractivity contribution >= 4 is 23.4 Å². The number of likely N-dealkylation sites (tertiary alicyclic amines) is 1. The van der Waals surface area contributed by atoms with Gasteiger partial charge in [0.1, 0.15) is 0 Å². The van der Waals surface area contributed by atoms with Crippen LogP contribution in [0.5, 0.6) is 0 Å². The summed E-state index contributed by atoms with van der Waals surface area (Å²) in [6.07, 6.45) is 2.28. The molecule has 0 aromatic heterocycles. The summed E-state index contributed by atoms with van der Waals surface area (Å²) in [6, 6.07) is 7.12. The smallest absolute Gasteiger partial charge is 0.251 e. The second kappa shape index (κ2) is 6.73. The molecule has 128 valence electrons. The predicted octanol–water partition coefficient (Wildman–Crippen LogP) is 1.08. The minimum absolute atomic E-state index is 0.120. The highest BCUT2D eigenvalue weighted by molar-refractivity contribution is 6.22. The van der Waals surface area contributed by atoms with Crippen LogP contribution in [0.3, 0.4) is 0 Å². The van der Waals surface area contributed by atoms with Gasteiger partial charge in [0.05, 0.1) is 18.2 Å². The Kier molecular flexibility index (Phi) is 4.66. The number of aryl methyl sites for hydroxylation is 1. The first kappa shape index (κ1) is 16.6. The van der Waals surface area contributed by atoms with Gasteiger partial charge < -0.3 is 5.73 Å². The lowest BCUT2D eigenvalue weighted by Crippen LogP contribution is -2.47. The van der Waals surface area contributed by atoms with Crippen LogP contribution in [0.25, 0.3) is 0 Å². The standard InChI is InChI=1S/C18H23N3O3/c1-2-12-5-3-4-6-14(12)21-16(22)11-15(18(21)24)20-9-7-13(8-10-20)17(19)23/h3-6,13,15H,2,7-11H2,1H3,(H2,19,23). The average molecular weight is 329 g/mol. The number of amides is 3. The summed E-state index contributed by atoms with van der Waals surface area (Å²) in [7, 11) is 0. The van der Waals surface area contributed by atoms with E-state index in [-0.39, 0.29) is 30.1 Å². The molecule has 0 saturated carbocycles. The van der Waals surface area contributed by atoms with Crippen molar-refractivity contribution < 1.29 is 14.4 Å². The Morgan fingerprint density at radius 3 is 2.50 bits per heavy atom. The fourth-order valence-corrected chi connectivity index (χ4v) is 3.68. The number of piperidine rings is 1. The molecular formula is C18H23N3O3. The van der Waals surface area contributed by atoms with Crippen LogP contribution in [0, 0.1) is 5.92 Å². The largest absolute Gasteiger partial charge is 0.369 e. The molecule has 2 heterocycles. The molecule has 0 radical (unpaired) electrons. The highest BCUT2D eigenvalue weighted by atomic mass is 16.2. The van der Waals surface area contributed by atoms with E-state index in [1.807, 2.05) is 36.1 Å². The molecule has 2 aliphatic rings. The van der Waals surface area contributed by atoms with Gasteiger partial charge in [0.2, 0.25) is 11.8 Å². The van der Waals surface area contributed by atoms with Gasteiger partial charge in [-0.3, -0.25) is 19.3 Å². The van der Waals surface area contributed by atoms with Crippen LogP contribution in [0.2, 0.25) is 0 Å². The number of hydrogen-bond acceptors (Lipinski definition) is 4. The van der Waals surface area contributed by atoms with E-state index in [0.29, 0.717) is 31.6 Å². The number of carbonyl (C=O) groups excluding carboxylic acids is 3. The van der Waals surface area contributed by atoms with Crippen LogP contribution < -0.4 is 10.6 Å². The van der Waals surface area contributed by atoms with E-state index in [4.69, 9.17) is 5.73 Å². The van der Waals surface area contributed by atoms with Crippen molar-refractivity contribution in [2.45, 2.75) is 38.6 Å². The lowest BCUT2D eigenvalue weighted by Gasteiger charge is -2.33. The third kappa shape index (κ3) is 2.94. The number of imide groups is 1. The van der Waals surface area contributed by atoms with Crippen LogP contribution in [0.15, 0.2) is 24.3 Å². The molecule has 0 aliphatic carbocycles. The zero-order valence-electron chi connectivity index (χ0n) is 13.9. The Hall–Kier alpha value is -2.21.